The highest BCUT2D eigenvalue weighted by molar-refractivity contribution is 9.10. The maximum absolute atomic E-state index is 14.3. The van der Waals surface area contributed by atoms with Gasteiger partial charge in [0.05, 0.1) is 10.6 Å². The minimum Gasteiger partial charge on any atom is -0.321 e. The van der Waals surface area contributed by atoms with E-state index in [-0.39, 0.29) is 5.02 Å². The van der Waals surface area contributed by atoms with Gasteiger partial charge in [-0.05, 0) is 46.0 Å². The lowest BCUT2D eigenvalue weighted by Gasteiger charge is -2.25. The molecule has 19 heavy (non-hydrogen) atoms. The summed E-state index contributed by atoms with van der Waals surface area (Å²) in [6.07, 6.45) is 1.27. The Bertz CT molecular complexity index is 632. The van der Waals surface area contributed by atoms with E-state index in [2.05, 4.69) is 15.9 Å². The van der Waals surface area contributed by atoms with Crippen LogP contribution in [0.25, 0.3) is 0 Å². The molecule has 0 unspecified atom stereocenters. The standard InChI is InChI=1S/C15H12BrClFN/c16-12-6-5-11(14(18)13(12)17)15(19)7-9-3-1-2-4-10(9)8-15/h1-6H,7-8,19H2. The fraction of sp³-hybridized carbons (Fsp3) is 0.200. The van der Waals surface area contributed by atoms with Crippen LogP contribution in [0.5, 0.6) is 0 Å². The van der Waals surface area contributed by atoms with Gasteiger partial charge in [-0.1, -0.05) is 41.9 Å². The van der Waals surface area contributed by atoms with Crippen molar-refractivity contribution < 1.29 is 4.39 Å². The van der Waals surface area contributed by atoms with Gasteiger partial charge in [0.1, 0.15) is 5.82 Å². The lowest BCUT2D eigenvalue weighted by atomic mass is 9.87. The van der Waals surface area contributed by atoms with Crippen molar-refractivity contribution >= 4 is 27.5 Å². The van der Waals surface area contributed by atoms with E-state index in [0.717, 1.165) is 0 Å². The van der Waals surface area contributed by atoms with E-state index >= 15 is 0 Å². The quantitative estimate of drug-likeness (QED) is 0.774. The number of rotatable bonds is 1. The third-order valence-corrected chi connectivity index (χ3v) is 4.96. The molecule has 4 heteroatoms. The summed E-state index contributed by atoms with van der Waals surface area (Å²) in [4.78, 5) is 0. The number of fused-ring (bicyclic) bond motifs is 1. The van der Waals surface area contributed by atoms with E-state index in [4.69, 9.17) is 17.3 Å². The Balaban J connectivity index is 2.07. The van der Waals surface area contributed by atoms with Gasteiger partial charge in [0.2, 0.25) is 0 Å². The molecule has 0 aliphatic heterocycles. The van der Waals surface area contributed by atoms with E-state index in [9.17, 15) is 4.39 Å². The van der Waals surface area contributed by atoms with Gasteiger partial charge in [0.25, 0.3) is 0 Å². The topological polar surface area (TPSA) is 26.0 Å². The van der Waals surface area contributed by atoms with Crippen LogP contribution in [-0.2, 0) is 18.4 Å². The van der Waals surface area contributed by atoms with Crippen LogP contribution in [0.2, 0.25) is 5.02 Å². The van der Waals surface area contributed by atoms with Crippen LogP contribution >= 0.6 is 27.5 Å². The molecule has 2 aromatic rings. The lowest BCUT2D eigenvalue weighted by molar-refractivity contribution is 0.442. The highest BCUT2D eigenvalue weighted by Crippen LogP contribution is 2.39. The Morgan fingerprint density at radius 1 is 1.11 bits per heavy atom. The second-order valence-corrected chi connectivity index (χ2v) is 6.23. The molecule has 1 nitrogen and oxygen atoms in total. The molecule has 0 fully saturated rings. The number of benzene rings is 2. The SMILES string of the molecule is NC1(c2ccc(Br)c(Cl)c2F)Cc2ccccc2C1. The third-order valence-electron chi connectivity index (χ3n) is 3.70. The van der Waals surface area contributed by atoms with Crippen LogP contribution in [-0.4, -0.2) is 0 Å². The molecule has 3 rings (SSSR count). The molecule has 1 aliphatic carbocycles. The second-order valence-electron chi connectivity index (χ2n) is 5.00. The monoisotopic (exact) mass is 339 g/mol. The predicted octanol–water partition coefficient (Wildman–Crippen LogP) is 4.19. The number of halogens is 3. The average Bonchev–Trinajstić information content (AvgIpc) is 2.73. The Morgan fingerprint density at radius 3 is 2.26 bits per heavy atom. The molecule has 0 bridgehead atoms. The van der Waals surface area contributed by atoms with Crippen molar-refractivity contribution in [2.45, 2.75) is 18.4 Å². The van der Waals surface area contributed by atoms with Gasteiger partial charge >= 0.3 is 0 Å². The largest absolute Gasteiger partial charge is 0.321 e. The van der Waals surface area contributed by atoms with Crippen molar-refractivity contribution in [2.24, 2.45) is 5.73 Å². The Morgan fingerprint density at radius 2 is 1.68 bits per heavy atom. The third kappa shape index (κ3) is 2.10. The van der Waals surface area contributed by atoms with Crippen molar-refractivity contribution in [2.75, 3.05) is 0 Å². The summed E-state index contributed by atoms with van der Waals surface area (Å²) >= 11 is 9.18. The molecule has 0 aromatic heterocycles. The van der Waals surface area contributed by atoms with Crippen LogP contribution in [0.4, 0.5) is 4.39 Å². The molecule has 1 aliphatic rings. The molecule has 0 saturated carbocycles. The average molecular weight is 341 g/mol. The van der Waals surface area contributed by atoms with Gasteiger partial charge in [0.15, 0.2) is 0 Å². The van der Waals surface area contributed by atoms with E-state index in [1.54, 1.807) is 12.1 Å². The molecular weight excluding hydrogens is 329 g/mol. The van der Waals surface area contributed by atoms with Gasteiger partial charge in [-0.2, -0.15) is 0 Å². The smallest absolute Gasteiger partial charge is 0.148 e. The first kappa shape index (κ1) is 13.1. The number of hydrogen-bond acceptors (Lipinski definition) is 1. The lowest BCUT2D eigenvalue weighted by Crippen LogP contribution is -2.38. The summed E-state index contributed by atoms with van der Waals surface area (Å²) in [7, 11) is 0. The van der Waals surface area contributed by atoms with Crippen LogP contribution in [0, 0.1) is 5.82 Å². The summed E-state index contributed by atoms with van der Waals surface area (Å²) in [5, 5.41) is 0.0956. The highest BCUT2D eigenvalue weighted by atomic mass is 79.9. The second kappa shape index (κ2) is 4.58. The van der Waals surface area contributed by atoms with Gasteiger partial charge in [0, 0.05) is 10.0 Å². The Kier molecular flexibility index (Phi) is 3.16. The number of nitrogens with two attached hydrogens (primary N) is 1. The summed E-state index contributed by atoms with van der Waals surface area (Å²) in [6, 6.07) is 11.5. The fourth-order valence-corrected chi connectivity index (χ4v) is 3.22. The van der Waals surface area contributed by atoms with E-state index in [0.29, 0.717) is 22.9 Å². The summed E-state index contributed by atoms with van der Waals surface area (Å²) < 4.78 is 14.9. The minimum absolute atomic E-state index is 0.0956. The fourth-order valence-electron chi connectivity index (χ4n) is 2.75. The zero-order chi connectivity index (χ0) is 13.6. The van der Waals surface area contributed by atoms with E-state index < -0.39 is 11.4 Å². The minimum atomic E-state index is -0.710. The molecular formula is C15H12BrClFN. The zero-order valence-corrected chi connectivity index (χ0v) is 12.4. The van der Waals surface area contributed by atoms with Crippen molar-refractivity contribution in [3.8, 4) is 0 Å². The maximum Gasteiger partial charge on any atom is 0.148 e. The normalized spacial score (nSPS) is 16.4. The first-order chi connectivity index (χ1) is 9.01. The van der Waals surface area contributed by atoms with Crippen molar-refractivity contribution in [3.63, 3.8) is 0 Å². The first-order valence-electron chi connectivity index (χ1n) is 6.01. The van der Waals surface area contributed by atoms with Crippen molar-refractivity contribution in [1.29, 1.82) is 0 Å². The molecule has 0 spiro atoms. The van der Waals surface area contributed by atoms with Gasteiger partial charge in [-0.25, -0.2) is 4.39 Å². The molecule has 0 saturated heterocycles. The summed E-state index contributed by atoms with van der Waals surface area (Å²) in [5.41, 5.74) is 8.58. The van der Waals surface area contributed by atoms with Gasteiger partial charge < -0.3 is 5.73 Å². The molecule has 2 N–H and O–H groups in total. The van der Waals surface area contributed by atoms with Gasteiger partial charge in [-0.15, -0.1) is 0 Å². The summed E-state index contributed by atoms with van der Waals surface area (Å²) in [5.74, 6) is -0.425. The Hall–Kier alpha value is -0.900. The molecule has 2 aromatic carbocycles. The molecule has 0 amide bonds. The van der Waals surface area contributed by atoms with Gasteiger partial charge in [-0.3, -0.25) is 0 Å². The molecule has 98 valence electrons. The molecule has 0 radical (unpaired) electrons. The van der Waals surface area contributed by atoms with Crippen LogP contribution < -0.4 is 5.73 Å². The van der Waals surface area contributed by atoms with Crippen LogP contribution in [0.3, 0.4) is 0 Å². The van der Waals surface area contributed by atoms with Crippen LogP contribution in [0.15, 0.2) is 40.9 Å². The van der Waals surface area contributed by atoms with Crippen LogP contribution in [0.1, 0.15) is 16.7 Å². The summed E-state index contributed by atoms with van der Waals surface area (Å²) in [6.45, 7) is 0. The predicted molar refractivity (Wildman–Crippen MR) is 78.8 cm³/mol. The molecule has 0 atom stereocenters. The van der Waals surface area contributed by atoms with Crippen molar-refractivity contribution in [3.05, 3.63) is 68.4 Å². The van der Waals surface area contributed by atoms with Crippen molar-refractivity contribution in [1.82, 2.24) is 0 Å². The highest BCUT2D eigenvalue weighted by Gasteiger charge is 2.37. The Labute approximate surface area is 124 Å². The maximum atomic E-state index is 14.3. The van der Waals surface area contributed by atoms with E-state index in [1.807, 2.05) is 24.3 Å². The molecule has 0 heterocycles. The zero-order valence-electron chi connectivity index (χ0n) is 10.1. The van der Waals surface area contributed by atoms with E-state index in [1.165, 1.54) is 11.1 Å². The first-order valence-corrected chi connectivity index (χ1v) is 7.18. The number of hydrogen-bond donors (Lipinski definition) is 1.